The molecule has 0 N–H and O–H groups in total. The van der Waals surface area contributed by atoms with E-state index >= 15 is 0 Å². The van der Waals surface area contributed by atoms with Crippen molar-refractivity contribution in [1.82, 2.24) is 9.97 Å². The normalized spacial score (nSPS) is 10.6. The van der Waals surface area contributed by atoms with Gasteiger partial charge >= 0.3 is 0 Å². The third-order valence-electron chi connectivity index (χ3n) is 3.33. The lowest BCUT2D eigenvalue weighted by Crippen LogP contribution is -1.93. The summed E-state index contributed by atoms with van der Waals surface area (Å²) in [4.78, 5) is 8.93. The van der Waals surface area contributed by atoms with Crippen LogP contribution in [-0.2, 0) is 6.42 Å². The first-order valence-corrected chi connectivity index (χ1v) is 7.17. The molecule has 0 saturated carbocycles. The van der Waals surface area contributed by atoms with E-state index < -0.39 is 0 Å². The van der Waals surface area contributed by atoms with Gasteiger partial charge in [-0.05, 0) is 25.3 Å². The van der Waals surface area contributed by atoms with Gasteiger partial charge in [-0.1, -0.05) is 56.0 Å². The number of aryl methyl sites for hydroxylation is 2. The minimum atomic E-state index is 0.817. The molecule has 1 heterocycles. The lowest BCUT2D eigenvalue weighted by molar-refractivity contribution is 0.665. The van der Waals surface area contributed by atoms with Crippen LogP contribution in [0.3, 0.4) is 0 Å². The molecule has 2 aromatic rings. The van der Waals surface area contributed by atoms with Gasteiger partial charge in [-0.15, -0.1) is 0 Å². The highest BCUT2D eigenvalue weighted by Gasteiger charge is 2.01. The standard InChI is InChI=1S/C17H22N2/c1-3-4-5-6-7-15-12-18-17(19-13-15)16-10-8-14(2)9-11-16/h8-13H,3-7H2,1-2H3. The van der Waals surface area contributed by atoms with Crippen LogP contribution >= 0.6 is 0 Å². The number of aromatic nitrogens is 2. The van der Waals surface area contributed by atoms with Crippen molar-refractivity contribution < 1.29 is 0 Å². The van der Waals surface area contributed by atoms with Crippen molar-refractivity contribution in [3.63, 3.8) is 0 Å². The monoisotopic (exact) mass is 254 g/mol. The third kappa shape index (κ3) is 4.16. The van der Waals surface area contributed by atoms with Gasteiger partial charge in [0, 0.05) is 18.0 Å². The van der Waals surface area contributed by atoms with Gasteiger partial charge in [-0.25, -0.2) is 9.97 Å². The number of rotatable bonds is 6. The molecule has 2 nitrogen and oxygen atoms in total. The summed E-state index contributed by atoms with van der Waals surface area (Å²) < 4.78 is 0. The zero-order chi connectivity index (χ0) is 13.5. The summed E-state index contributed by atoms with van der Waals surface area (Å²) in [5.74, 6) is 0.817. The Morgan fingerprint density at radius 1 is 0.895 bits per heavy atom. The quantitative estimate of drug-likeness (QED) is 0.705. The van der Waals surface area contributed by atoms with Crippen LogP contribution in [-0.4, -0.2) is 9.97 Å². The molecule has 1 aromatic heterocycles. The minimum Gasteiger partial charge on any atom is -0.236 e. The van der Waals surface area contributed by atoms with Gasteiger partial charge in [-0.2, -0.15) is 0 Å². The Morgan fingerprint density at radius 3 is 2.21 bits per heavy atom. The van der Waals surface area contributed by atoms with E-state index in [1.165, 1.54) is 36.8 Å². The lowest BCUT2D eigenvalue weighted by Gasteiger charge is -2.03. The number of hydrogen-bond donors (Lipinski definition) is 0. The first-order valence-electron chi connectivity index (χ1n) is 7.17. The van der Waals surface area contributed by atoms with Crippen LogP contribution < -0.4 is 0 Å². The van der Waals surface area contributed by atoms with Crippen LogP contribution in [0.2, 0.25) is 0 Å². The molecule has 0 spiro atoms. The van der Waals surface area contributed by atoms with Gasteiger partial charge < -0.3 is 0 Å². The second-order valence-electron chi connectivity index (χ2n) is 5.09. The largest absolute Gasteiger partial charge is 0.236 e. The van der Waals surface area contributed by atoms with Crippen LogP contribution in [0.1, 0.15) is 43.7 Å². The van der Waals surface area contributed by atoms with E-state index in [1.54, 1.807) is 0 Å². The molecular formula is C17H22N2. The average molecular weight is 254 g/mol. The maximum Gasteiger partial charge on any atom is 0.159 e. The van der Waals surface area contributed by atoms with Crippen molar-refractivity contribution in [2.45, 2.75) is 46.0 Å². The van der Waals surface area contributed by atoms with E-state index in [4.69, 9.17) is 0 Å². The van der Waals surface area contributed by atoms with E-state index in [1.807, 2.05) is 12.4 Å². The van der Waals surface area contributed by atoms with E-state index in [-0.39, 0.29) is 0 Å². The summed E-state index contributed by atoms with van der Waals surface area (Å²) in [6, 6.07) is 8.34. The van der Waals surface area contributed by atoms with Crippen LogP contribution in [0.25, 0.3) is 11.4 Å². The molecule has 0 fully saturated rings. The Labute approximate surface area is 115 Å². The second-order valence-corrected chi connectivity index (χ2v) is 5.09. The average Bonchev–Trinajstić information content (AvgIpc) is 2.45. The van der Waals surface area contributed by atoms with Crippen LogP contribution in [0.5, 0.6) is 0 Å². The van der Waals surface area contributed by atoms with Gasteiger partial charge in [0.1, 0.15) is 0 Å². The van der Waals surface area contributed by atoms with Crippen molar-refractivity contribution in [1.29, 1.82) is 0 Å². The fraction of sp³-hybridized carbons (Fsp3) is 0.412. The molecule has 0 amide bonds. The van der Waals surface area contributed by atoms with Crippen molar-refractivity contribution in [3.05, 3.63) is 47.8 Å². The van der Waals surface area contributed by atoms with E-state index in [2.05, 4.69) is 48.1 Å². The van der Waals surface area contributed by atoms with E-state index in [9.17, 15) is 0 Å². The van der Waals surface area contributed by atoms with Gasteiger partial charge in [0.25, 0.3) is 0 Å². The number of benzene rings is 1. The van der Waals surface area contributed by atoms with Crippen LogP contribution in [0, 0.1) is 6.92 Å². The second kappa shape index (κ2) is 7.03. The molecule has 0 radical (unpaired) electrons. The maximum atomic E-state index is 4.47. The Balaban J connectivity index is 1.96. The highest BCUT2D eigenvalue weighted by molar-refractivity contribution is 5.54. The van der Waals surface area contributed by atoms with Gasteiger partial charge in [0.15, 0.2) is 5.82 Å². The topological polar surface area (TPSA) is 25.8 Å². The molecule has 0 aliphatic rings. The summed E-state index contributed by atoms with van der Waals surface area (Å²) >= 11 is 0. The summed E-state index contributed by atoms with van der Waals surface area (Å²) in [5.41, 5.74) is 3.59. The first-order chi connectivity index (χ1) is 9.29. The highest BCUT2D eigenvalue weighted by atomic mass is 14.9. The van der Waals surface area contributed by atoms with Crippen molar-refractivity contribution in [3.8, 4) is 11.4 Å². The van der Waals surface area contributed by atoms with Crippen LogP contribution in [0.4, 0.5) is 0 Å². The fourth-order valence-electron chi connectivity index (χ4n) is 2.09. The summed E-state index contributed by atoms with van der Waals surface area (Å²) in [6.07, 6.45) is 10.2. The highest BCUT2D eigenvalue weighted by Crippen LogP contribution is 2.15. The maximum absolute atomic E-state index is 4.47. The van der Waals surface area contributed by atoms with E-state index in [0.29, 0.717) is 0 Å². The first kappa shape index (κ1) is 13.7. The molecule has 100 valence electrons. The van der Waals surface area contributed by atoms with Crippen molar-refractivity contribution >= 4 is 0 Å². The molecule has 1 aromatic carbocycles. The number of nitrogens with zero attached hydrogens (tertiary/aromatic N) is 2. The molecule has 2 rings (SSSR count). The molecule has 0 unspecified atom stereocenters. The molecule has 0 saturated heterocycles. The fourth-order valence-corrected chi connectivity index (χ4v) is 2.09. The SMILES string of the molecule is CCCCCCc1cnc(-c2ccc(C)cc2)nc1. The molecule has 0 aliphatic carbocycles. The Kier molecular flexibility index (Phi) is 5.08. The number of unbranched alkanes of at least 4 members (excludes halogenated alkanes) is 3. The molecule has 0 atom stereocenters. The van der Waals surface area contributed by atoms with Gasteiger partial charge in [0.2, 0.25) is 0 Å². The number of hydrogen-bond acceptors (Lipinski definition) is 2. The summed E-state index contributed by atoms with van der Waals surface area (Å²) in [7, 11) is 0. The van der Waals surface area contributed by atoms with Gasteiger partial charge in [-0.3, -0.25) is 0 Å². The lowest BCUT2D eigenvalue weighted by atomic mass is 10.1. The molecule has 0 bridgehead atoms. The summed E-state index contributed by atoms with van der Waals surface area (Å²) in [5, 5.41) is 0. The smallest absolute Gasteiger partial charge is 0.159 e. The van der Waals surface area contributed by atoms with Crippen molar-refractivity contribution in [2.75, 3.05) is 0 Å². The zero-order valence-corrected chi connectivity index (χ0v) is 11.9. The zero-order valence-electron chi connectivity index (χ0n) is 11.9. The molecule has 2 heteroatoms. The Bertz CT molecular complexity index is 486. The Morgan fingerprint density at radius 2 is 1.58 bits per heavy atom. The summed E-state index contributed by atoms with van der Waals surface area (Å²) in [6.45, 7) is 4.32. The van der Waals surface area contributed by atoms with Crippen molar-refractivity contribution in [2.24, 2.45) is 0 Å². The third-order valence-corrected chi connectivity index (χ3v) is 3.33. The van der Waals surface area contributed by atoms with E-state index in [0.717, 1.165) is 17.8 Å². The molecule has 0 aliphatic heterocycles. The Hall–Kier alpha value is -1.70. The van der Waals surface area contributed by atoms with Gasteiger partial charge in [0.05, 0.1) is 0 Å². The minimum absolute atomic E-state index is 0.817. The van der Waals surface area contributed by atoms with Crippen LogP contribution in [0.15, 0.2) is 36.7 Å². The molecule has 19 heavy (non-hydrogen) atoms. The molecular weight excluding hydrogens is 232 g/mol. The predicted octanol–water partition coefficient (Wildman–Crippen LogP) is 4.57. The predicted molar refractivity (Wildman–Crippen MR) is 80.1 cm³/mol.